The van der Waals surface area contributed by atoms with Gasteiger partial charge in [-0.3, -0.25) is 0 Å². The number of hydrogen-bond acceptors (Lipinski definition) is 5. The second kappa shape index (κ2) is 8.60. The third kappa shape index (κ3) is 5.62. The van der Waals surface area contributed by atoms with Crippen LogP contribution in [0.5, 0.6) is 0 Å². The summed E-state index contributed by atoms with van der Waals surface area (Å²) in [6.45, 7) is 5.39. The molecule has 2 aromatic rings. The molecule has 2 atom stereocenters. The molecule has 3 heterocycles. The van der Waals surface area contributed by atoms with Crippen molar-refractivity contribution >= 4 is 51.8 Å². The van der Waals surface area contributed by atoms with E-state index in [2.05, 4.69) is 10.4 Å². The van der Waals surface area contributed by atoms with Gasteiger partial charge in [0.1, 0.15) is 21.3 Å². The topological polar surface area (TPSA) is 58.9 Å². The third-order valence-corrected chi connectivity index (χ3v) is 6.28. The van der Waals surface area contributed by atoms with Crippen LogP contribution < -0.4 is 5.32 Å². The van der Waals surface area contributed by atoms with Gasteiger partial charge >= 0.3 is 11.6 Å². The predicted molar refractivity (Wildman–Crippen MR) is 115 cm³/mol. The van der Waals surface area contributed by atoms with Gasteiger partial charge in [0.2, 0.25) is 0 Å². The molecule has 3 rings (SSSR count). The van der Waals surface area contributed by atoms with Crippen LogP contribution in [0.4, 0.5) is 28.2 Å². The molecule has 30 heavy (non-hydrogen) atoms. The average molecular weight is 560 g/mol. The van der Waals surface area contributed by atoms with Crippen molar-refractivity contribution in [3.05, 3.63) is 21.9 Å². The highest BCUT2D eigenvalue weighted by molar-refractivity contribution is 14.1. The summed E-state index contributed by atoms with van der Waals surface area (Å²) in [5, 5.41) is 7.22. The lowest BCUT2D eigenvalue weighted by molar-refractivity contribution is -0.0328. The van der Waals surface area contributed by atoms with Gasteiger partial charge in [0, 0.05) is 6.54 Å². The van der Waals surface area contributed by atoms with Crippen molar-refractivity contribution in [3.8, 4) is 0 Å². The fourth-order valence-corrected chi connectivity index (χ4v) is 4.53. The number of thioether (sulfide) groups is 1. The van der Waals surface area contributed by atoms with Crippen molar-refractivity contribution in [2.75, 3.05) is 18.4 Å². The Morgan fingerprint density at radius 3 is 2.63 bits per heavy atom. The highest BCUT2D eigenvalue weighted by Gasteiger charge is 2.35. The van der Waals surface area contributed by atoms with E-state index >= 15 is 0 Å². The summed E-state index contributed by atoms with van der Waals surface area (Å²) in [4.78, 5) is 13.5. The smallest absolute Gasteiger partial charge is 0.444 e. The maximum Gasteiger partial charge on any atom is 0.446 e. The molecule has 1 amide bonds. The molecule has 2 aromatic heterocycles. The molecule has 0 aromatic carbocycles. The standard InChI is InChI=1S/C18H21F4IN4O2S/c1-17(2,3)29-16(28)26-8-7-11(10(19)9-26)24-13-6-4-5-12-14(30-18(20,21)22)15(23)25-27(12)13/h4-6,10-11,24H,7-9H2,1-3H3/t10-,11+/m0/s1. The van der Waals surface area contributed by atoms with Crippen LogP contribution in [-0.2, 0) is 4.74 Å². The number of aromatic nitrogens is 2. The molecule has 0 spiro atoms. The first-order chi connectivity index (χ1) is 13.8. The lowest BCUT2D eigenvalue weighted by Gasteiger charge is -2.36. The number of nitrogens with one attached hydrogen (secondary N) is 1. The van der Waals surface area contributed by atoms with Crippen molar-refractivity contribution in [2.24, 2.45) is 0 Å². The molecule has 1 aliphatic rings. The first-order valence-electron chi connectivity index (χ1n) is 9.15. The Morgan fingerprint density at radius 2 is 2.03 bits per heavy atom. The van der Waals surface area contributed by atoms with Crippen LogP contribution in [-0.4, -0.2) is 57.0 Å². The first-order valence-corrected chi connectivity index (χ1v) is 11.0. The lowest BCUT2D eigenvalue weighted by Crippen LogP contribution is -2.51. The van der Waals surface area contributed by atoms with Crippen LogP contribution in [0.3, 0.4) is 0 Å². The van der Waals surface area contributed by atoms with E-state index < -0.39 is 29.4 Å². The number of hydrogen-bond donors (Lipinski definition) is 1. The van der Waals surface area contributed by atoms with Gasteiger partial charge < -0.3 is 15.0 Å². The maximum atomic E-state index is 14.8. The van der Waals surface area contributed by atoms with Crippen LogP contribution in [0.15, 0.2) is 23.1 Å². The third-order valence-electron chi connectivity index (χ3n) is 4.32. The van der Waals surface area contributed by atoms with E-state index in [0.717, 1.165) is 0 Å². The molecular formula is C18H21F4IN4O2S. The van der Waals surface area contributed by atoms with Gasteiger partial charge in [0.25, 0.3) is 0 Å². The van der Waals surface area contributed by atoms with Crippen molar-refractivity contribution in [2.45, 2.75) is 55.4 Å². The number of piperidine rings is 1. The number of likely N-dealkylation sites (tertiary alicyclic amines) is 1. The number of ether oxygens (including phenoxy) is 1. The van der Waals surface area contributed by atoms with Crippen molar-refractivity contribution < 1.29 is 27.1 Å². The van der Waals surface area contributed by atoms with E-state index in [0.29, 0.717) is 18.8 Å². The summed E-state index contributed by atoms with van der Waals surface area (Å²) in [6, 6.07) is 4.14. The van der Waals surface area contributed by atoms with E-state index in [4.69, 9.17) is 4.74 Å². The molecule has 1 N–H and O–H groups in total. The van der Waals surface area contributed by atoms with Crippen LogP contribution in [0.25, 0.3) is 5.52 Å². The van der Waals surface area contributed by atoms with E-state index in [1.807, 2.05) is 0 Å². The van der Waals surface area contributed by atoms with Gasteiger partial charge in [-0.1, -0.05) is 6.07 Å². The zero-order valence-electron chi connectivity index (χ0n) is 16.5. The number of amides is 1. The number of alkyl halides is 4. The molecule has 12 heteroatoms. The lowest BCUT2D eigenvalue weighted by atomic mass is 10.0. The van der Waals surface area contributed by atoms with E-state index in [1.165, 1.54) is 15.5 Å². The van der Waals surface area contributed by atoms with Gasteiger partial charge in [-0.25, -0.2) is 13.7 Å². The Morgan fingerprint density at radius 1 is 1.33 bits per heavy atom. The zero-order valence-corrected chi connectivity index (χ0v) is 19.4. The summed E-state index contributed by atoms with van der Waals surface area (Å²) in [5.41, 5.74) is -4.82. The molecule has 1 fully saturated rings. The first kappa shape index (κ1) is 23.2. The van der Waals surface area contributed by atoms with Crippen LogP contribution in [0, 0.1) is 3.70 Å². The normalized spacial score (nSPS) is 20.5. The molecule has 0 bridgehead atoms. The summed E-state index contributed by atoms with van der Waals surface area (Å²) >= 11 is 1.53. The fourth-order valence-electron chi connectivity index (χ4n) is 3.09. The minimum Gasteiger partial charge on any atom is -0.444 e. The summed E-state index contributed by atoms with van der Waals surface area (Å²) in [5.74, 6) is 0.387. The number of carbonyl (C=O) groups is 1. The Bertz CT molecular complexity index is 931. The molecule has 0 unspecified atom stereocenters. The number of carbonyl (C=O) groups excluding carboxylic acids is 1. The number of anilines is 1. The van der Waals surface area contributed by atoms with Gasteiger partial charge in [-0.2, -0.15) is 18.3 Å². The minimum absolute atomic E-state index is 0.00305. The second-order valence-corrected chi connectivity index (χ2v) is 9.95. The van der Waals surface area contributed by atoms with E-state index in [1.54, 1.807) is 55.5 Å². The largest absolute Gasteiger partial charge is 0.446 e. The quantitative estimate of drug-likeness (QED) is 0.314. The highest BCUT2D eigenvalue weighted by Crippen LogP contribution is 2.41. The molecule has 166 valence electrons. The SMILES string of the molecule is CC(C)(C)OC(=O)N1CC[C@@H](Nc2cccc3c(SC(F)(F)F)c(I)nn23)[C@@H](F)C1. The Labute approximate surface area is 188 Å². The minimum atomic E-state index is -4.44. The molecular weight excluding hydrogens is 539 g/mol. The van der Waals surface area contributed by atoms with Crippen LogP contribution >= 0.6 is 34.4 Å². The summed E-state index contributed by atoms with van der Waals surface area (Å²) in [7, 11) is 0. The van der Waals surface area contributed by atoms with E-state index in [9.17, 15) is 22.4 Å². The second-order valence-electron chi connectivity index (χ2n) is 7.86. The monoisotopic (exact) mass is 560 g/mol. The number of halogens is 5. The predicted octanol–water partition coefficient (Wildman–Crippen LogP) is 5.31. The maximum absolute atomic E-state index is 14.8. The molecule has 0 saturated carbocycles. The average Bonchev–Trinajstić information content (AvgIpc) is 2.90. The van der Waals surface area contributed by atoms with Gasteiger partial charge in [-0.05, 0) is 73.7 Å². The van der Waals surface area contributed by atoms with Crippen molar-refractivity contribution in [1.82, 2.24) is 14.5 Å². The Balaban J connectivity index is 1.74. The van der Waals surface area contributed by atoms with Crippen LogP contribution in [0.2, 0.25) is 0 Å². The Kier molecular flexibility index (Phi) is 6.65. The van der Waals surface area contributed by atoms with Gasteiger partial charge in [0.05, 0.1) is 23.0 Å². The molecule has 6 nitrogen and oxygen atoms in total. The number of fused-ring (bicyclic) bond motifs is 1. The molecule has 1 saturated heterocycles. The van der Waals surface area contributed by atoms with E-state index in [-0.39, 0.29) is 32.4 Å². The molecule has 1 aliphatic heterocycles. The number of pyridine rings is 1. The van der Waals surface area contributed by atoms with Crippen molar-refractivity contribution in [1.29, 1.82) is 0 Å². The van der Waals surface area contributed by atoms with Gasteiger partial charge in [0.15, 0.2) is 0 Å². The number of rotatable bonds is 3. The number of nitrogens with zero attached hydrogens (tertiary/aromatic N) is 3. The Hall–Kier alpha value is -1.44. The fraction of sp³-hybridized carbons (Fsp3) is 0.556. The highest BCUT2D eigenvalue weighted by atomic mass is 127. The van der Waals surface area contributed by atoms with Crippen LogP contribution in [0.1, 0.15) is 27.2 Å². The summed E-state index contributed by atoms with van der Waals surface area (Å²) < 4.78 is 60.2. The van der Waals surface area contributed by atoms with Crippen molar-refractivity contribution in [3.63, 3.8) is 0 Å². The summed E-state index contributed by atoms with van der Waals surface area (Å²) in [6.07, 6.45) is -1.62. The van der Waals surface area contributed by atoms with Gasteiger partial charge in [-0.15, -0.1) is 0 Å². The zero-order chi connectivity index (χ0) is 22.3. The molecule has 0 aliphatic carbocycles. The molecule has 0 radical (unpaired) electrons.